The van der Waals surface area contributed by atoms with Crippen LogP contribution in [0.25, 0.3) is 0 Å². The molecule has 0 bridgehead atoms. The molecule has 22 heavy (non-hydrogen) atoms. The number of amides is 1. The van der Waals surface area contributed by atoms with E-state index in [0.717, 1.165) is 31.4 Å². The maximum atomic E-state index is 11.8. The molecule has 1 aliphatic carbocycles. The fraction of sp³-hybridized carbons (Fsp3) is 0.688. The van der Waals surface area contributed by atoms with E-state index >= 15 is 0 Å². The van der Waals surface area contributed by atoms with Gasteiger partial charge in [-0.25, -0.2) is 14.8 Å². The van der Waals surface area contributed by atoms with Gasteiger partial charge in [0.15, 0.2) is 0 Å². The van der Waals surface area contributed by atoms with Gasteiger partial charge in [0.25, 0.3) is 0 Å². The van der Waals surface area contributed by atoms with Gasteiger partial charge in [-0.1, -0.05) is 0 Å². The van der Waals surface area contributed by atoms with Gasteiger partial charge in [0.1, 0.15) is 5.60 Å². The van der Waals surface area contributed by atoms with Crippen LogP contribution in [-0.2, 0) is 4.74 Å². The SMILES string of the molecule is Cc1ccnc(NC2CCC(NC(=O)OC(C)(C)C)CC2)n1. The zero-order valence-corrected chi connectivity index (χ0v) is 13.8. The number of aryl methyl sites for hydroxylation is 1. The second-order valence-electron chi connectivity index (χ2n) is 6.86. The first kappa shape index (κ1) is 16.5. The minimum Gasteiger partial charge on any atom is -0.444 e. The van der Waals surface area contributed by atoms with Crippen LogP contribution in [0, 0.1) is 6.92 Å². The number of hydrogen-bond donors (Lipinski definition) is 2. The average Bonchev–Trinajstić information content (AvgIpc) is 2.39. The zero-order chi connectivity index (χ0) is 16.2. The largest absolute Gasteiger partial charge is 0.444 e. The summed E-state index contributed by atoms with van der Waals surface area (Å²) in [5, 5.41) is 6.32. The molecule has 0 aliphatic heterocycles. The minimum atomic E-state index is -0.453. The summed E-state index contributed by atoms with van der Waals surface area (Å²) < 4.78 is 5.29. The highest BCUT2D eigenvalue weighted by atomic mass is 16.6. The van der Waals surface area contributed by atoms with Crippen molar-refractivity contribution in [2.75, 3.05) is 5.32 Å². The number of aromatic nitrogens is 2. The van der Waals surface area contributed by atoms with Crippen LogP contribution in [0.3, 0.4) is 0 Å². The predicted octanol–water partition coefficient (Wildman–Crippen LogP) is 3.03. The van der Waals surface area contributed by atoms with Gasteiger partial charge in [-0.05, 0) is 59.4 Å². The summed E-state index contributed by atoms with van der Waals surface area (Å²) in [6.07, 6.45) is 5.27. The van der Waals surface area contributed by atoms with E-state index < -0.39 is 5.60 Å². The highest BCUT2D eigenvalue weighted by Gasteiger charge is 2.25. The molecular formula is C16H26N4O2. The summed E-state index contributed by atoms with van der Waals surface area (Å²) in [6, 6.07) is 2.43. The monoisotopic (exact) mass is 306 g/mol. The smallest absolute Gasteiger partial charge is 0.407 e. The highest BCUT2D eigenvalue weighted by molar-refractivity contribution is 5.68. The number of carbonyl (C=O) groups is 1. The van der Waals surface area contributed by atoms with Crippen molar-refractivity contribution in [1.29, 1.82) is 0 Å². The summed E-state index contributed by atoms with van der Waals surface area (Å²) in [7, 11) is 0. The second kappa shape index (κ2) is 6.94. The molecule has 1 aromatic heterocycles. The summed E-state index contributed by atoms with van der Waals surface area (Å²) in [6.45, 7) is 7.56. The van der Waals surface area contributed by atoms with Gasteiger partial charge < -0.3 is 15.4 Å². The van der Waals surface area contributed by atoms with E-state index in [1.54, 1.807) is 6.20 Å². The third-order valence-electron chi connectivity index (χ3n) is 3.58. The molecule has 6 heteroatoms. The molecule has 0 spiro atoms. The standard InChI is InChI=1S/C16H26N4O2/c1-11-9-10-17-14(18-11)19-12-5-7-13(8-6-12)20-15(21)22-16(2,3)4/h9-10,12-13H,5-8H2,1-4H3,(H,20,21)(H,17,18,19). The third-order valence-corrected chi connectivity index (χ3v) is 3.58. The molecule has 122 valence electrons. The summed E-state index contributed by atoms with van der Waals surface area (Å²) in [5.41, 5.74) is 0.503. The molecule has 0 unspecified atom stereocenters. The first-order valence-electron chi connectivity index (χ1n) is 7.87. The average molecular weight is 306 g/mol. The van der Waals surface area contributed by atoms with E-state index in [0.29, 0.717) is 12.0 Å². The van der Waals surface area contributed by atoms with Gasteiger partial charge in [-0.3, -0.25) is 0 Å². The number of nitrogens with zero attached hydrogens (tertiary/aromatic N) is 2. The fourth-order valence-corrected chi connectivity index (χ4v) is 2.56. The van der Waals surface area contributed by atoms with Crippen LogP contribution < -0.4 is 10.6 Å². The van der Waals surface area contributed by atoms with Crippen LogP contribution in [0.5, 0.6) is 0 Å². The maximum Gasteiger partial charge on any atom is 0.407 e. The molecule has 0 aromatic carbocycles. The molecule has 1 amide bonds. The number of hydrogen-bond acceptors (Lipinski definition) is 5. The Hall–Kier alpha value is -1.85. The quantitative estimate of drug-likeness (QED) is 0.897. The van der Waals surface area contributed by atoms with Crippen molar-refractivity contribution in [2.24, 2.45) is 0 Å². The van der Waals surface area contributed by atoms with E-state index in [2.05, 4.69) is 20.6 Å². The number of rotatable bonds is 3. The Kier molecular flexibility index (Phi) is 5.21. The van der Waals surface area contributed by atoms with Crippen LogP contribution in [-0.4, -0.2) is 33.7 Å². The van der Waals surface area contributed by atoms with Crippen molar-refractivity contribution in [3.63, 3.8) is 0 Å². The van der Waals surface area contributed by atoms with Crippen molar-refractivity contribution in [3.8, 4) is 0 Å². The van der Waals surface area contributed by atoms with E-state index in [4.69, 9.17) is 4.74 Å². The Labute approximate surface area is 132 Å². The maximum absolute atomic E-state index is 11.8. The van der Waals surface area contributed by atoms with Crippen molar-refractivity contribution >= 4 is 12.0 Å². The molecule has 1 heterocycles. The molecule has 1 fully saturated rings. The lowest BCUT2D eigenvalue weighted by molar-refractivity contribution is 0.0492. The molecule has 6 nitrogen and oxygen atoms in total. The molecule has 1 saturated carbocycles. The molecule has 2 N–H and O–H groups in total. The van der Waals surface area contributed by atoms with Gasteiger partial charge >= 0.3 is 6.09 Å². The number of nitrogens with one attached hydrogen (secondary N) is 2. The van der Waals surface area contributed by atoms with E-state index in [-0.39, 0.29) is 12.1 Å². The van der Waals surface area contributed by atoms with Gasteiger partial charge in [-0.15, -0.1) is 0 Å². The summed E-state index contributed by atoms with van der Waals surface area (Å²) in [5.74, 6) is 0.684. The van der Waals surface area contributed by atoms with Gasteiger partial charge in [0.2, 0.25) is 5.95 Å². The number of anilines is 1. The summed E-state index contributed by atoms with van der Waals surface area (Å²) >= 11 is 0. The van der Waals surface area contributed by atoms with Crippen LogP contribution in [0.1, 0.15) is 52.1 Å². The Morgan fingerprint density at radius 3 is 2.45 bits per heavy atom. The lowest BCUT2D eigenvalue weighted by Gasteiger charge is -2.30. The summed E-state index contributed by atoms with van der Waals surface area (Å²) in [4.78, 5) is 20.4. The molecule has 1 aliphatic rings. The van der Waals surface area contributed by atoms with Crippen molar-refractivity contribution in [2.45, 2.75) is 71.1 Å². The highest BCUT2D eigenvalue weighted by Crippen LogP contribution is 2.21. The van der Waals surface area contributed by atoms with Crippen LogP contribution in [0.4, 0.5) is 10.7 Å². The van der Waals surface area contributed by atoms with Crippen molar-refractivity contribution in [1.82, 2.24) is 15.3 Å². The minimum absolute atomic E-state index is 0.186. The van der Waals surface area contributed by atoms with Crippen molar-refractivity contribution < 1.29 is 9.53 Å². The molecule has 1 aromatic rings. The first-order valence-corrected chi connectivity index (χ1v) is 7.87. The van der Waals surface area contributed by atoms with E-state index in [1.165, 1.54) is 0 Å². The van der Waals surface area contributed by atoms with E-state index in [9.17, 15) is 4.79 Å². The van der Waals surface area contributed by atoms with Crippen LogP contribution in [0.2, 0.25) is 0 Å². The molecular weight excluding hydrogens is 280 g/mol. The third kappa shape index (κ3) is 5.50. The first-order chi connectivity index (χ1) is 10.3. The second-order valence-corrected chi connectivity index (χ2v) is 6.86. The van der Waals surface area contributed by atoms with Crippen molar-refractivity contribution in [3.05, 3.63) is 18.0 Å². The number of carbonyl (C=O) groups excluding carboxylic acids is 1. The Morgan fingerprint density at radius 1 is 1.23 bits per heavy atom. The lowest BCUT2D eigenvalue weighted by atomic mass is 9.91. The molecule has 2 rings (SSSR count). The topological polar surface area (TPSA) is 76.1 Å². The molecule has 0 saturated heterocycles. The molecule has 0 radical (unpaired) electrons. The van der Waals surface area contributed by atoms with Crippen LogP contribution >= 0.6 is 0 Å². The normalized spacial score (nSPS) is 22.0. The van der Waals surface area contributed by atoms with Gasteiger partial charge in [-0.2, -0.15) is 0 Å². The predicted molar refractivity (Wildman–Crippen MR) is 85.8 cm³/mol. The van der Waals surface area contributed by atoms with E-state index in [1.807, 2.05) is 33.8 Å². The molecule has 0 atom stereocenters. The Morgan fingerprint density at radius 2 is 1.86 bits per heavy atom. The lowest BCUT2D eigenvalue weighted by Crippen LogP contribution is -2.42. The fourth-order valence-electron chi connectivity index (χ4n) is 2.56. The van der Waals surface area contributed by atoms with Gasteiger partial charge in [0.05, 0.1) is 0 Å². The number of ether oxygens (including phenoxy) is 1. The zero-order valence-electron chi connectivity index (χ0n) is 13.8. The Balaban J connectivity index is 1.75. The Bertz CT molecular complexity index is 505. The number of alkyl carbamates (subject to hydrolysis) is 1. The van der Waals surface area contributed by atoms with Crippen LogP contribution in [0.15, 0.2) is 12.3 Å². The van der Waals surface area contributed by atoms with Gasteiger partial charge in [0, 0.05) is 24.0 Å².